The van der Waals surface area contributed by atoms with Gasteiger partial charge in [-0.05, 0) is 27.7 Å². The fourth-order valence-corrected chi connectivity index (χ4v) is 2.86. The fraction of sp³-hybridized carbons (Fsp3) is 0.625. The third-order valence-electron chi connectivity index (χ3n) is 3.64. The number of aromatic nitrogens is 2. The molecule has 0 bridgehead atoms. The molecule has 1 aliphatic rings. The molecule has 10 heteroatoms. The van der Waals surface area contributed by atoms with Crippen molar-refractivity contribution in [2.45, 2.75) is 58.0 Å². The molecule has 1 aliphatic heterocycles. The van der Waals surface area contributed by atoms with E-state index in [9.17, 15) is 9.18 Å². The first-order chi connectivity index (χ1) is 12.0. The summed E-state index contributed by atoms with van der Waals surface area (Å²) in [7, 11) is 0. The van der Waals surface area contributed by atoms with Crippen LogP contribution in [0, 0.1) is 11.3 Å². The number of likely N-dealkylation sites (tertiary alicyclic amines) is 1. The van der Waals surface area contributed by atoms with Crippen molar-refractivity contribution in [1.82, 2.24) is 14.9 Å². The number of ether oxygens (including phenoxy) is 2. The van der Waals surface area contributed by atoms with Gasteiger partial charge in [0.15, 0.2) is 5.15 Å². The van der Waals surface area contributed by atoms with E-state index < -0.39 is 30.0 Å². The van der Waals surface area contributed by atoms with Gasteiger partial charge in [0.05, 0.1) is 12.6 Å². The molecule has 2 heterocycles. The normalized spacial score (nSPS) is 21.2. The predicted molar refractivity (Wildman–Crippen MR) is 93.1 cm³/mol. The van der Waals surface area contributed by atoms with E-state index in [1.54, 1.807) is 33.8 Å². The van der Waals surface area contributed by atoms with E-state index in [0.29, 0.717) is 0 Å². The minimum Gasteiger partial charge on any atom is -0.471 e. The molecular weight excluding hydrogens is 386 g/mol. The molecule has 1 amide bonds. The molecule has 1 fully saturated rings. The van der Waals surface area contributed by atoms with Gasteiger partial charge in [0.1, 0.15) is 29.0 Å². The summed E-state index contributed by atoms with van der Waals surface area (Å²) in [4.78, 5) is 21.2. The number of carbonyl (C=O) groups excluding carboxylic acids is 1. The van der Waals surface area contributed by atoms with E-state index in [0.717, 1.165) is 0 Å². The predicted octanol–water partition coefficient (Wildman–Crippen LogP) is 3.77. The van der Waals surface area contributed by atoms with Crippen LogP contribution in [0.5, 0.6) is 5.88 Å². The summed E-state index contributed by atoms with van der Waals surface area (Å²) in [5.41, 5.74) is -0.703. The monoisotopic (exact) mass is 404 g/mol. The van der Waals surface area contributed by atoms with E-state index in [-0.39, 0.29) is 34.8 Å². The van der Waals surface area contributed by atoms with Crippen LogP contribution in [0.1, 0.15) is 39.9 Å². The second-order valence-electron chi connectivity index (χ2n) is 6.92. The molecular formula is C16H19Cl2FN4O3. The molecule has 7 nitrogen and oxygen atoms in total. The Morgan fingerprint density at radius 3 is 2.65 bits per heavy atom. The lowest BCUT2D eigenvalue weighted by Gasteiger charge is -2.31. The highest BCUT2D eigenvalue weighted by Gasteiger charge is 2.41. The van der Waals surface area contributed by atoms with Gasteiger partial charge in [0.25, 0.3) is 0 Å². The van der Waals surface area contributed by atoms with E-state index in [1.165, 1.54) is 4.90 Å². The van der Waals surface area contributed by atoms with Crippen LogP contribution < -0.4 is 4.74 Å². The molecule has 0 spiro atoms. The first-order valence-electron chi connectivity index (χ1n) is 7.95. The summed E-state index contributed by atoms with van der Waals surface area (Å²) in [6, 6.07) is 1.16. The van der Waals surface area contributed by atoms with Crippen LogP contribution in [0.3, 0.4) is 0 Å². The number of amides is 1. The van der Waals surface area contributed by atoms with E-state index in [4.69, 9.17) is 37.9 Å². The molecule has 0 aliphatic carbocycles. The quantitative estimate of drug-likeness (QED) is 0.712. The van der Waals surface area contributed by atoms with E-state index in [2.05, 4.69) is 9.97 Å². The Morgan fingerprint density at radius 2 is 2.08 bits per heavy atom. The first-order valence-corrected chi connectivity index (χ1v) is 8.71. The Balaban J connectivity index is 2.20. The van der Waals surface area contributed by atoms with Gasteiger partial charge in [-0.1, -0.05) is 23.2 Å². The summed E-state index contributed by atoms with van der Waals surface area (Å²) in [6.07, 6.45) is -2.40. The summed E-state index contributed by atoms with van der Waals surface area (Å²) < 4.78 is 25.0. The second kappa shape index (κ2) is 7.80. The number of nitriles is 1. The number of halogens is 3. The zero-order valence-electron chi connectivity index (χ0n) is 14.8. The summed E-state index contributed by atoms with van der Waals surface area (Å²) >= 11 is 11.9. The van der Waals surface area contributed by atoms with Crippen LogP contribution in [0.2, 0.25) is 10.2 Å². The van der Waals surface area contributed by atoms with Gasteiger partial charge in [-0.15, -0.1) is 0 Å². The molecule has 142 valence electrons. The molecule has 0 radical (unpaired) electrons. The van der Waals surface area contributed by atoms with Crippen molar-refractivity contribution < 1.29 is 18.7 Å². The number of alkyl halides is 1. The number of carbonyl (C=O) groups is 1. The zero-order chi connectivity index (χ0) is 19.6. The minimum atomic E-state index is -1.20. The molecule has 2 rings (SSSR count). The average molecular weight is 405 g/mol. The van der Waals surface area contributed by atoms with Crippen LogP contribution >= 0.6 is 23.2 Å². The van der Waals surface area contributed by atoms with Gasteiger partial charge in [-0.3, -0.25) is 4.90 Å². The number of hydrogen-bond donors (Lipinski definition) is 0. The lowest BCUT2D eigenvalue weighted by Crippen LogP contribution is -2.46. The molecule has 0 unspecified atom stereocenters. The molecule has 3 atom stereocenters. The Hall–Kier alpha value is -1.85. The van der Waals surface area contributed by atoms with Gasteiger partial charge in [0.2, 0.25) is 11.7 Å². The third kappa shape index (κ3) is 4.86. The van der Waals surface area contributed by atoms with Gasteiger partial charge < -0.3 is 9.47 Å². The highest BCUT2D eigenvalue weighted by molar-refractivity contribution is 6.42. The SMILES string of the molecule is C[C@H](Oc1nc(C#N)nc(Cl)c1Cl)[C@@H]1C[C@@H](F)CN1C(=O)OC(C)(C)C. The number of rotatable bonds is 3. The van der Waals surface area contributed by atoms with Crippen molar-refractivity contribution in [3.63, 3.8) is 0 Å². The van der Waals surface area contributed by atoms with Gasteiger partial charge in [0, 0.05) is 6.42 Å². The van der Waals surface area contributed by atoms with Gasteiger partial charge in [-0.2, -0.15) is 10.2 Å². The molecule has 0 saturated carbocycles. The Bertz CT molecular complexity index is 735. The molecule has 0 N–H and O–H groups in total. The highest BCUT2D eigenvalue weighted by Crippen LogP contribution is 2.32. The second-order valence-corrected chi connectivity index (χ2v) is 7.66. The van der Waals surface area contributed by atoms with Crippen molar-refractivity contribution >= 4 is 29.3 Å². The molecule has 1 saturated heterocycles. The van der Waals surface area contributed by atoms with Gasteiger partial charge in [-0.25, -0.2) is 14.2 Å². The van der Waals surface area contributed by atoms with Crippen molar-refractivity contribution in [1.29, 1.82) is 5.26 Å². The largest absolute Gasteiger partial charge is 0.471 e. The summed E-state index contributed by atoms with van der Waals surface area (Å²) in [5.74, 6) is -0.303. The lowest BCUT2D eigenvalue weighted by atomic mass is 10.1. The average Bonchev–Trinajstić information content (AvgIpc) is 2.92. The highest BCUT2D eigenvalue weighted by atomic mass is 35.5. The van der Waals surface area contributed by atoms with Crippen molar-refractivity contribution in [3.05, 3.63) is 16.0 Å². The zero-order valence-corrected chi connectivity index (χ0v) is 16.3. The van der Waals surface area contributed by atoms with Crippen LogP contribution in [0.15, 0.2) is 0 Å². The molecule has 26 heavy (non-hydrogen) atoms. The van der Waals surface area contributed by atoms with Crippen molar-refractivity contribution in [2.24, 2.45) is 0 Å². The van der Waals surface area contributed by atoms with Crippen LogP contribution in [0.4, 0.5) is 9.18 Å². The maximum atomic E-state index is 14.0. The van der Waals surface area contributed by atoms with Gasteiger partial charge >= 0.3 is 6.09 Å². The maximum Gasteiger partial charge on any atom is 0.410 e. The Kier molecular flexibility index (Phi) is 6.14. The maximum absolute atomic E-state index is 14.0. The summed E-state index contributed by atoms with van der Waals surface area (Å²) in [6.45, 7) is 6.76. The lowest BCUT2D eigenvalue weighted by molar-refractivity contribution is 0.0103. The van der Waals surface area contributed by atoms with Crippen LogP contribution in [-0.4, -0.2) is 51.4 Å². The Labute approximate surface area is 161 Å². The van der Waals surface area contributed by atoms with E-state index in [1.807, 2.05) is 0 Å². The number of nitrogens with zero attached hydrogens (tertiary/aromatic N) is 4. The van der Waals surface area contributed by atoms with Crippen molar-refractivity contribution in [3.8, 4) is 11.9 Å². The fourth-order valence-electron chi connectivity index (χ4n) is 2.57. The molecule has 1 aromatic rings. The van der Waals surface area contributed by atoms with Crippen LogP contribution in [-0.2, 0) is 4.74 Å². The minimum absolute atomic E-state index is 0.0591. The topological polar surface area (TPSA) is 88.3 Å². The summed E-state index contributed by atoms with van der Waals surface area (Å²) in [5, 5.41) is 8.74. The van der Waals surface area contributed by atoms with E-state index >= 15 is 0 Å². The Morgan fingerprint density at radius 1 is 1.42 bits per heavy atom. The first kappa shape index (κ1) is 20.5. The standard InChI is InChI=1S/C16H19Cl2FN4O3/c1-8(25-14-12(17)13(18)21-11(6-20)22-14)10-5-9(19)7-23(10)15(24)26-16(2,3)4/h8-10H,5,7H2,1-4H3/t8-,9+,10-/m0/s1. The van der Waals surface area contributed by atoms with Crippen molar-refractivity contribution in [2.75, 3.05) is 6.54 Å². The smallest absolute Gasteiger partial charge is 0.410 e. The number of hydrogen-bond acceptors (Lipinski definition) is 6. The molecule has 1 aromatic heterocycles. The third-order valence-corrected chi connectivity index (χ3v) is 4.35. The van der Waals surface area contributed by atoms with Crippen LogP contribution in [0.25, 0.3) is 0 Å². The molecule has 0 aromatic carbocycles.